The maximum absolute atomic E-state index is 14.1. The summed E-state index contributed by atoms with van der Waals surface area (Å²) < 4.78 is 28.6. The van der Waals surface area contributed by atoms with Gasteiger partial charge in [0, 0.05) is 28.2 Å². The van der Waals surface area contributed by atoms with Crippen molar-refractivity contribution < 1.29 is 18.0 Å². The molecular weight excluding hydrogens is 628 g/mol. The smallest absolute Gasteiger partial charge is 0.264 e. The van der Waals surface area contributed by atoms with Gasteiger partial charge < -0.3 is 10.2 Å². The average molecular weight is 657 g/mol. The number of carbonyl (C=O) groups excluding carboxylic acids is 2. The Morgan fingerprint density at radius 2 is 1.51 bits per heavy atom. The van der Waals surface area contributed by atoms with Gasteiger partial charge >= 0.3 is 0 Å². The molecule has 1 fully saturated rings. The second-order valence-corrected chi connectivity index (χ2v) is 13.3. The standard InChI is InChI=1S/C29H29Cl4N3O4S/c1-19(29(38)34-20-8-5-6-9-20)35(17-23-24(30)12-7-13-25(23)31)28(37)18-36(21-14-15-26(32)27(33)16-21)41(39,40)22-10-3-2-4-11-22/h2-4,7,10-16,19-20H,5-6,8-9,17-18H2,1H3,(H,34,38)/t19-/m0/s1. The Morgan fingerprint density at radius 3 is 2.12 bits per heavy atom. The lowest BCUT2D eigenvalue weighted by molar-refractivity contribution is -0.139. The van der Waals surface area contributed by atoms with E-state index in [1.807, 2.05) is 0 Å². The summed E-state index contributed by atoms with van der Waals surface area (Å²) in [4.78, 5) is 28.7. The van der Waals surface area contributed by atoms with Crippen molar-refractivity contribution in [1.82, 2.24) is 10.2 Å². The Kier molecular flexibility index (Phi) is 10.5. The molecule has 1 saturated carbocycles. The van der Waals surface area contributed by atoms with Crippen molar-refractivity contribution in [2.45, 2.75) is 56.1 Å². The lowest BCUT2D eigenvalue weighted by Gasteiger charge is -2.33. The highest BCUT2D eigenvalue weighted by Crippen LogP contribution is 2.32. The molecule has 3 aromatic carbocycles. The van der Waals surface area contributed by atoms with Gasteiger partial charge in [-0.15, -0.1) is 0 Å². The van der Waals surface area contributed by atoms with Crippen LogP contribution in [0.25, 0.3) is 0 Å². The van der Waals surface area contributed by atoms with Crippen LogP contribution < -0.4 is 9.62 Å². The fraction of sp³-hybridized carbons (Fsp3) is 0.310. The summed E-state index contributed by atoms with van der Waals surface area (Å²) in [6.45, 7) is 0.859. The van der Waals surface area contributed by atoms with Crippen molar-refractivity contribution in [3.63, 3.8) is 0 Å². The number of amides is 2. The number of hydrogen-bond donors (Lipinski definition) is 1. The van der Waals surface area contributed by atoms with Crippen molar-refractivity contribution in [2.24, 2.45) is 0 Å². The second-order valence-electron chi connectivity index (χ2n) is 9.81. The lowest BCUT2D eigenvalue weighted by Crippen LogP contribution is -2.52. The average Bonchev–Trinajstić information content (AvgIpc) is 3.46. The van der Waals surface area contributed by atoms with E-state index in [-0.39, 0.29) is 39.1 Å². The van der Waals surface area contributed by atoms with E-state index in [1.165, 1.54) is 35.2 Å². The molecule has 12 heteroatoms. The van der Waals surface area contributed by atoms with Gasteiger partial charge in [0.15, 0.2) is 0 Å². The maximum atomic E-state index is 14.1. The van der Waals surface area contributed by atoms with Gasteiger partial charge in [-0.2, -0.15) is 0 Å². The van der Waals surface area contributed by atoms with E-state index in [0.717, 1.165) is 30.0 Å². The minimum Gasteiger partial charge on any atom is -0.352 e. The highest BCUT2D eigenvalue weighted by atomic mass is 35.5. The quantitative estimate of drug-likeness (QED) is 0.255. The van der Waals surface area contributed by atoms with Crippen molar-refractivity contribution >= 4 is 73.9 Å². The number of halogens is 4. The molecule has 0 radical (unpaired) electrons. The van der Waals surface area contributed by atoms with Crippen molar-refractivity contribution in [2.75, 3.05) is 10.8 Å². The Morgan fingerprint density at radius 1 is 0.878 bits per heavy atom. The van der Waals surface area contributed by atoms with Crippen molar-refractivity contribution in [3.05, 3.63) is 92.4 Å². The van der Waals surface area contributed by atoms with Crippen molar-refractivity contribution in [3.8, 4) is 0 Å². The molecule has 2 amide bonds. The van der Waals surface area contributed by atoms with E-state index in [0.29, 0.717) is 15.6 Å². The highest BCUT2D eigenvalue weighted by Gasteiger charge is 2.34. The summed E-state index contributed by atoms with van der Waals surface area (Å²) >= 11 is 25.2. The van der Waals surface area contributed by atoms with Gasteiger partial charge in [0.25, 0.3) is 10.0 Å². The molecule has 0 aliphatic heterocycles. The molecule has 41 heavy (non-hydrogen) atoms. The Balaban J connectivity index is 1.73. The molecule has 1 aliphatic rings. The molecule has 0 saturated heterocycles. The van der Waals surface area contributed by atoms with Gasteiger partial charge in [-0.1, -0.05) is 83.5 Å². The SMILES string of the molecule is C[C@@H](C(=O)NC1CCCC1)N(Cc1c(Cl)cccc1Cl)C(=O)CN(c1ccc(Cl)c(Cl)c1)S(=O)(=O)c1ccccc1. The monoisotopic (exact) mass is 655 g/mol. The zero-order valence-corrected chi connectivity index (χ0v) is 26.0. The third kappa shape index (κ3) is 7.48. The number of nitrogens with one attached hydrogen (secondary N) is 1. The van der Waals surface area contributed by atoms with Crippen LogP contribution in [0, 0.1) is 0 Å². The van der Waals surface area contributed by atoms with Crippen LogP contribution in [0.4, 0.5) is 5.69 Å². The maximum Gasteiger partial charge on any atom is 0.264 e. The molecule has 0 unspecified atom stereocenters. The molecular formula is C29H29Cl4N3O4S. The van der Waals surface area contributed by atoms with Crippen LogP contribution in [-0.4, -0.2) is 43.8 Å². The van der Waals surface area contributed by atoms with E-state index in [1.54, 1.807) is 43.3 Å². The van der Waals surface area contributed by atoms with Crippen molar-refractivity contribution in [1.29, 1.82) is 0 Å². The van der Waals surface area contributed by atoms with E-state index < -0.39 is 28.5 Å². The molecule has 0 bridgehead atoms. The van der Waals surface area contributed by atoms with Gasteiger partial charge in [-0.05, 0) is 62.2 Å². The topological polar surface area (TPSA) is 86.8 Å². The summed E-state index contributed by atoms with van der Waals surface area (Å²) in [6, 6.07) is 16.0. The first-order chi connectivity index (χ1) is 19.5. The van der Waals surface area contributed by atoms with Crippen LogP contribution in [0.5, 0.6) is 0 Å². The molecule has 0 spiro atoms. The van der Waals surface area contributed by atoms with E-state index in [2.05, 4.69) is 5.32 Å². The first-order valence-electron chi connectivity index (χ1n) is 13.0. The minimum absolute atomic E-state index is 0.0217. The summed E-state index contributed by atoms with van der Waals surface area (Å²) in [5.41, 5.74) is 0.576. The summed E-state index contributed by atoms with van der Waals surface area (Å²) in [5.74, 6) is -0.985. The Bertz CT molecular complexity index is 1500. The summed E-state index contributed by atoms with van der Waals surface area (Å²) in [5, 5.41) is 4.00. The van der Waals surface area contributed by atoms with Gasteiger partial charge in [-0.25, -0.2) is 8.42 Å². The highest BCUT2D eigenvalue weighted by molar-refractivity contribution is 7.92. The summed E-state index contributed by atoms with van der Waals surface area (Å²) in [6.07, 6.45) is 3.77. The lowest BCUT2D eigenvalue weighted by atomic mass is 10.1. The van der Waals surface area contributed by atoms with Crippen LogP contribution in [0.3, 0.4) is 0 Å². The Hall–Kier alpha value is -2.49. The fourth-order valence-corrected chi connectivity index (χ4v) is 6.95. The molecule has 1 atom stereocenters. The van der Waals surface area contributed by atoms with Crippen LogP contribution in [-0.2, 0) is 26.2 Å². The number of benzene rings is 3. The minimum atomic E-state index is -4.23. The van der Waals surface area contributed by atoms with Gasteiger partial charge in [0.1, 0.15) is 12.6 Å². The number of anilines is 1. The second kappa shape index (κ2) is 13.7. The molecule has 3 aromatic rings. The normalized spacial score (nSPS) is 14.5. The molecule has 0 heterocycles. The molecule has 7 nitrogen and oxygen atoms in total. The van der Waals surface area contributed by atoms with Crippen LogP contribution >= 0.6 is 46.4 Å². The first-order valence-corrected chi connectivity index (χ1v) is 16.0. The number of sulfonamides is 1. The molecule has 1 aliphatic carbocycles. The van der Waals surface area contributed by atoms with Gasteiger partial charge in [0.2, 0.25) is 11.8 Å². The van der Waals surface area contributed by atoms with Crippen LogP contribution in [0.1, 0.15) is 38.2 Å². The Labute approximate surface area is 260 Å². The van der Waals surface area contributed by atoms with Gasteiger partial charge in [0.05, 0.1) is 20.6 Å². The number of carbonyl (C=O) groups is 2. The molecule has 0 aromatic heterocycles. The van der Waals surface area contributed by atoms with Gasteiger partial charge in [-0.3, -0.25) is 13.9 Å². The number of rotatable bonds is 10. The summed E-state index contributed by atoms with van der Waals surface area (Å²) in [7, 11) is -4.23. The third-order valence-corrected chi connectivity index (χ3v) is 10.3. The van der Waals surface area contributed by atoms with E-state index in [4.69, 9.17) is 46.4 Å². The van der Waals surface area contributed by atoms with E-state index in [9.17, 15) is 18.0 Å². The molecule has 4 rings (SSSR count). The predicted octanol–water partition coefficient (Wildman–Crippen LogP) is 6.97. The molecule has 1 N–H and O–H groups in total. The van der Waals surface area contributed by atoms with E-state index >= 15 is 0 Å². The first kappa shape index (κ1) is 31.4. The van der Waals surface area contributed by atoms with Crippen LogP contribution in [0.2, 0.25) is 20.1 Å². The zero-order valence-electron chi connectivity index (χ0n) is 22.2. The largest absolute Gasteiger partial charge is 0.352 e. The zero-order chi connectivity index (χ0) is 29.7. The van der Waals surface area contributed by atoms with Crippen LogP contribution in [0.15, 0.2) is 71.6 Å². The third-order valence-electron chi connectivity index (χ3n) is 7.06. The fourth-order valence-electron chi connectivity index (χ4n) is 4.72. The predicted molar refractivity (Wildman–Crippen MR) is 164 cm³/mol. The number of hydrogen-bond acceptors (Lipinski definition) is 4. The number of nitrogens with zero attached hydrogens (tertiary/aromatic N) is 2. The molecule has 218 valence electrons.